The number of rotatable bonds is 7. The Hall–Kier alpha value is -1.89. The highest BCUT2D eigenvalue weighted by atomic mass is 32.1. The van der Waals surface area contributed by atoms with Crippen molar-refractivity contribution in [1.29, 1.82) is 0 Å². The van der Waals surface area contributed by atoms with Crippen molar-refractivity contribution in [2.24, 2.45) is 0 Å². The van der Waals surface area contributed by atoms with Gasteiger partial charge in [-0.1, -0.05) is 6.07 Å². The fraction of sp³-hybridized carbons (Fsp3) is 0.417. The summed E-state index contributed by atoms with van der Waals surface area (Å²) in [6.07, 6.45) is 0.644. The Kier molecular flexibility index (Phi) is 6.59. The first-order valence-corrected chi connectivity index (χ1v) is 6.69. The lowest BCUT2D eigenvalue weighted by Gasteiger charge is -2.05. The summed E-state index contributed by atoms with van der Waals surface area (Å²) in [5, 5.41) is 6.87. The van der Waals surface area contributed by atoms with Gasteiger partial charge < -0.3 is 15.4 Å². The molecule has 0 aliphatic rings. The average Bonchev–Trinajstić information content (AvgIpc) is 2.94. The predicted molar refractivity (Wildman–Crippen MR) is 70.9 cm³/mol. The third kappa shape index (κ3) is 6.01. The van der Waals surface area contributed by atoms with Crippen LogP contribution in [0.15, 0.2) is 17.5 Å². The summed E-state index contributed by atoms with van der Waals surface area (Å²) in [5.74, 6) is -0.943. The average molecular weight is 284 g/mol. The van der Waals surface area contributed by atoms with E-state index in [1.54, 1.807) is 12.1 Å². The second-order valence-electron chi connectivity index (χ2n) is 3.67. The van der Waals surface area contributed by atoms with Crippen LogP contribution in [0.1, 0.15) is 22.5 Å². The van der Waals surface area contributed by atoms with Crippen LogP contribution in [0.5, 0.6) is 0 Å². The van der Waals surface area contributed by atoms with Gasteiger partial charge in [0.25, 0.3) is 11.8 Å². The lowest BCUT2D eigenvalue weighted by Crippen LogP contribution is -2.26. The lowest BCUT2D eigenvalue weighted by molar-refractivity contribution is -0.148. The van der Waals surface area contributed by atoms with E-state index in [9.17, 15) is 14.4 Å². The van der Waals surface area contributed by atoms with Crippen LogP contribution in [0.3, 0.4) is 0 Å². The van der Waals surface area contributed by atoms with Crippen LogP contribution < -0.4 is 10.6 Å². The molecule has 0 spiro atoms. The zero-order valence-corrected chi connectivity index (χ0v) is 11.4. The van der Waals surface area contributed by atoms with E-state index in [4.69, 9.17) is 4.74 Å². The van der Waals surface area contributed by atoms with Crippen molar-refractivity contribution in [3.05, 3.63) is 22.4 Å². The largest absolute Gasteiger partial charge is 0.456 e. The Morgan fingerprint density at radius 1 is 1.37 bits per heavy atom. The maximum Gasteiger partial charge on any atom is 0.306 e. The topological polar surface area (TPSA) is 84.5 Å². The van der Waals surface area contributed by atoms with E-state index in [-0.39, 0.29) is 24.8 Å². The molecule has 19 heavy (non-hydrogen) atoms. The highest BCUT2D eigenvalue weighted by molar-refractivity contribution is 7.12. The third-order valence-corrected chi connectivity index (χ3v) is 3.10. The van der Waals surface area contributed by atoms with Gasteiger partial charge in [-0.05, 0) is 17.9 Å². The van der Waals surface area contributed by atoms with E-state index in [2.05, 4.69) is 10.6 Å². The molecule has 0 aliphatic heterocycles. The van der Waals surface area contributed by atoms with E-state index in [1.807, 2.05) is 5.38 Å². The van der Waals surface area contributed by atoms with Crippen molar-refractivity contribution in [1.82, 2.24) is 10.6 Å². The lowest BCUT2D eigenvalue weighted by atomic mass is 10.3. The molecule has 0 atom stereocenters. The van der Waals surface area contributed by atoms with Gasteiger partial charge >= 0.3 is 5.97 Å². The van der Waals surface area contributed by atoms with Crippen molar-refractivity contribution < 1.29 is 19.1 Å². The molecule has 1 rings (SSSR count). The molecular formula is C12H16N2O4S. The summed E-state index contributed by atoms with van der Waals surface area (Å²) in [6, 6.07) is 3.54. The van der Waals surface area contributed by atoms with Gasteiger partial charge in [0.05, 0.1) is 4.88 Å². The Morgan fingerprint density at radius 3 is 2.79 bits per heavy atom. The number of carbonyl (C=O) groups is 3. The molecule has 1 aromatic heterocycles. The maximum absolute atomic E-state index is 11.5. The van der Waals surface area contributed by atoms with E-state index in [0.717, 1.165) is 0 Å². The fourth-order valence-electron chi connectivity index (χ4n) is 1.22. The van der Waals surface area contributed by atoms with E-state index < -0.39 is 5.97 Å². The molecule has 1 aromatic rings. The Labute approximate surface area is 115 Å². The number of hydrogen-bond acceptors (Lipinski definition) is 5. The standard InChI is InChI=1S/C12H16N2O4S/c1-13-10(15)8-18-11(16)5-2-6-14-12(17)9-4-3-7-19-9/h3-4,7H,2,5-6,8H2,1H3,(H,13,15)(H,14,17). The van der Waals surface area contributed by atoms with Crippen LogP contribution in [0, 0.1) is 0 Å². The number of likely N-dealkylation sites (N-methyl/N-ethyl adjacent to an activating group) is 1. The minimum Gasteiger partial charge on any atom is -0.456 e. The van der Waals surface area contributed by atoms with E-state index in [0.29, 0.717) is 17.8 Å². The number of nitrogens with one attached hydrogen (secondary N) is 2. The molecule has 1 heterocycles. The molecule has 0 bridgehead atoms. The quantitative estimate of drug-likeness (QED) is 0.565. The SMILES string of the molecule is CNC(=O)COC(=O)CCCNC(=O)c1cccs1. The second-order valence-corrected chi connectivity index (χ2v) is 4.62. The monoisotopic (exact) mass is 284 g/mol. The van der Waals surface area contributed by atoms with Gasteiger partial charge in [0, 0.05) is 20.0 Å². The number of amides is 2. The zero-order chi connectivity index (χ0) is 14.1. The number of carbonyl (C=O) groups excluding carboxylic acids is 3. The van der Waals surface area contributed by atoms with E-state index >= 15 is 0 Å². The smallest absolute Gasteiger partial charge is 0.306 e. The summed E-state index contributed by atoms with van der Waals surface area (Å²) in [7, 11) is 1.47. The number of thiophene rings is 1. The van der Waals surface area contributed by atoms with Crippen molar-refractivity contribution in [3.8, 4) is 0 Å². The van der Waals surface area contributed by atoms with Crippen molar-refractivity contribution in [3.63, 3.8) is 0 Å². The number of hydrogen-bond donors (Lipinski definition) is 2. The minimum absolute atomic E-state index is 0.145. The molecule has 0 fully saturated rings. The summed E-state index contributed by atoms with van der Waals surface area (Å²) >= 11 is 1.36. The van der Waals surface area contributed by atoms with Gasteiger partial charge in [0.15, 0.2) is 6.61 Å². The van der Waals surface area contributed by atoms with Gasteiger partial charge in [0.1, 0.15) is 0 Å². The molecule has 2 amide bonds. The summed E-state index contributed by atoms with van der Waals surface area (Å²) in [5.41, 5.74) is 0. The van der Waals surface area contributed by atoms with Crippen molar-refractivity contribution in [2.45, 2.75) is 12.8 Å². The fourth-order valence-corrected chi connectivity index (χ4v) is 1.86. The second kappa shape index (κ2) is 8.25. The summed E-state index contributed by atoms with van der Waals surface area (Å²) in [4.78, 5) is 34.2. The van der Waals surface area contributed by atoms with Gasteiger partial charge in [0.2, 0.25) is 0 Å². The van der Waals surface area contributed by atoms with Crippen LogP contribution in [0.2, 0.25) is 0 Å². The van der Waals surface area contributed by atoms with Crippen LogP contribution in [0.4, 0.5) is 0 Å². The molecule has 0 saturated heterocycles. The molecule has 0 radical (unpaired) electrons. The molecule has 6 nitrogen and oxygen atoms in total. The predicted octanol–water partition coefficient (Wildman–Crippen LogP) is 0.547. The first kappa shape index (κ1) is 15.2. The highest BCUT2D eigenvalue weighted by Gasteiger charge is 2.08. The van der Waals surface area contributed by atoms with Crippen LogP contribution in [-0.4, -0.2) is 38.0 Å². The molecule has 104 valence electrons. The molecular weight excluding hydrogens is 268 g/mol. The molecule has 0 saturated carbocycles. The first-order chi connectivity index (χ1) is 9.13. The van der Waals surface area contributed by atoms with Gasteiger partial charge in [-0.2, -0.15) is 0 Å². The zero-order valence-electron chi connectivity index (χ0n) is 10.6. The molecule has 7 heteroatoms. The highest BCUT2D eigenvalue weighted by Crippen LogP contribution is 2.07. The summed E-state index contributed by atoms with van der Waals surface area (Å²) in [6.45, 7) is 0.128. The van der Waals surface area contributed by atoms with Crippen molar-refractivity contribution >= 4 is 29.1 Å². The molecule has 0 aromatic carbocycles. The Bertz CT molecular complexity index is 431. The molecule has 0 aliphatic carbocycles. The molecule has 2 N–H and O–H groups in total. The third-order valence-electron chi connectivity index (χ3n) is 2.23. The maximum atomic E-state index is 11.5. The molecule has 0 unspecified atom stereocenters. The minimum atomic E-state index is -0.450. The number of esters is 1. The van der Waals surface area contributed by atoms with Gasteiger partial charge in [-0.3, -0.25) is 14.4 Å². The summed E-state index contributed by atoms with van der Waals surface area (Å²) < 4.78 is 4.71. The van der Waals surface area contributed by atoms with Gasteiger partial charge in [-0.25, -0.2) is 0 Å². The van der Waals surface area contributed by atoms with E-state index in [1.165, 1.54) is 18.4 Å². The van der Waals surface area contributed by atoms with Crippen LogP contribution in [0.25, 0.3) is 0 Å². The van der Waals surface area contributed by atoms with Crippen LogP contribution >= 0.6 is 11.3 Å². The normalized spacial score (nSPS) is 9.74. The van der Waals surface area contributed by atoms with Gasteiger partial charge in [-0.15, -0.1) is 11.3 Å². The number of ether oxygens (including phenoxy) is 1. The Morgan fingerprint density at radius 2 is 2.16 bits per heavy atom. The van der Waals surface area contributed by atoms with Crippen LogP contribution in [-0.2, 0) is 14.3 Å². The Balaban J connectivity index is 2.09. The first-order valence-electron chi connectivity index (χ1n) is 5.81. The van der Waals surface area contributed by atoms with Crippen molar-refractivity contribution in [2.75, 3.05) is 20.2 Å².